The van der Waals surface area contributed by atoms with Gasteiger partial charge in [-0.05, 0) is 12.1 Å². The summed E-state index contributed by atoms with van der Waals surface area (Å²) in [6.45, 7) is 0. The molecule has 0 unspecified atom stereocenters. The molecule has 16 heavy (non-hydrogen) atoms. The van der Waals surface area contributed by atoms with Crippen molar-refractivity contribution >= 4 is 41.7 Å². The van der Waals surface area contributed by atoms with E-state index in [2.05, 4.69) is 23.1 Å². The number of amides is 2. The van der Waals surface area contributed by atoms with Crippen LogP contribution in [-0.2, 0) is 0 Å². The fourth-order valence-electron chi connectivity index (χ4n) is 1.12. The predicted molar refractivity (Wildman–Crippen MR) is 69.0 cm³/mol. The molecule has 82 valence electrons. The van der Waals surface area contributed by atoms with Crippen molar-refractivity contribution in [1.29, 1.82) is 0 Å². The van der Waals surface area contributed by atoms with Crippen LogP contribution in [0.2, 0.25) is 0 Å². The second kappa shape index (κ2) is 5.00. The van der Waals surface area contributed by atoms with Crippen LogP contribution in [0.3, 0.4) is 0 Å². The SMILES string of the molecule is O=C(Nc1cscn1)N(S)c1ccccc1. The first kappa shape index (κ1) is 11.0. The summed E-state index contributed by atoms with van der Waals surface area (Å²) < 4.78 is 1.24. The number of urea groups is 1. The fourth-order valence-corrected chi connectivity index (χ4v) is 1.79. The van der Waals surface area contributed by atoms with Gasteiger partial charge >= 0.3 is 6.03 Å². The highest BCUT2D eigenvalue weighted by Gasteiger charge is 2.12. The van der Waals surface area contributed by atoms with Gasteiger partial charge in [0.2, 0.25) is 0 Å². The minimum Gasteiger partial charge on any atom is -0.290 e. The third-order valence-electron chi connectivity index (χ3n) is 1.86. The number of rotatable bonds is 2. The summed E-state index contributed by atoms with van der Waals surface area (Å²) in [6.07, 6.45) is 0. The summed E-state index contributed by atoms with van der Waals surface area (Å²) in [5, 5.41) is 4.38. The largest absolute Gasteiger partial charge is 0.337 e. The van der Waals surface area contributed by atoms with Crippen molar-refractivity contribution in [3.05, 3.63) is 41.2 Å². The zero-order valence-electron chi connectivity index (χ0n) is 8.20. The molecule has 0 radical (unpaired) electrons. The highest BCUT2D eigenvalue weighted by atomic mass is 32.1. The molecule has 0 fully saturated rings. The standard InChI is InChI=1S/C10H9N3OS2/c14-10(12-9-6-16-7-11-9)13(15)8-4-2-1-3-5-8/h1-7,15H,(H,12,14). The van der Waals surface area contributed by atoms with E-state index in [0.29, 0.717) is 11.5 Å². The molecule has 2 aromatic rings. The van der Waals surface area contributed by atoms with Crippen LogP contribution in [0.1, 0.15) is 0 Å². The van der Waals surface area contributed by atoms with Crippen LogP contribution < -0.4 is 9.62 Å². The Labute approximate surface area is 102 Å². The lowest BCUT2D eigenvalue weighted by molar-refractivity contribution is 0.260. The van der Waals surface area contributed by atoms with E-state index in [0.717, 1.165) is 0 Å². The number of hydrogen-bond acceptors (Lipinski definition) is 4. The molecular formula is C10H9N3OS2. The number of nitrogens with zero attached hydrogens (tertiary/aromatic N) is 2. The first-order valence-electron chi connectivity index (χ1n) is 4.50. The molecule has 1 N–H and O–H groups in total. The van der Waals surface area contributed by atoms with Gasteiger partial charge in [-0.2, -0.15) is 0 Å². The maximum atomic E-state index is 11.7. The quantitative estimate of drug-likeness (QED) is 0.806. The van der Waals surface area contributed by atoms with E-state index in [-0.39, 0.29) is 6.03 Å². The lowest BCUT2D eigenvalue weighted by Gasteiger charge is -2.15. The Morgan fingerprint density at radius 3 is 2.75 bits per heavy atom. The summed E-state index contributed by atoms with van der Waals surface area (Å²) in [5.41, 5.74) is 2.36. The molecule has 6 heteroatoms. The van der Waals surface area contributed by atoms with E-state index in [4.69, 9.17) is 0 Å². The summed E-state index contributed by atoms with van der Waals surface area (Å²) in [6, 6.07) is 8.83. The van der Waals surface area contributed by atoms with Crippen LogP contribution in [-0.4, -0.2) is 11.0 Å². The van der Waals surface area contributed by atoms with Gasteiger partial charge in [0.1, 0.15) is 5.82 Å². The van der Waals surface area contributed by atoms with E-state index in [1.54, 1.807) is 23.0 Å². The number of thiazole rings is 1. The van der Waals surface area contributed by atoms with Crippen molar-refractivity contribution in [2.75, 3.05) is 9.62 Å². The lowest BCUT2D eigenvalue weighted by Crippen LogP contribution is -2.26. The first-order valence-corrected chi connectivity index (χ1v) is 5.85. The maximum absolute atomic E-state index is 11.7. The third-order valence-corrected chi connectivity index (χ3v) is 2.86. The van der Waals surface area contributed by atoms with Gasteiger partial charge < -0.3 is 0 Å². The van der Waals surface area contributed by atoms with Gasteiger partial charge in [0.15, 0.2) is 0 Å². The molecule has 0 bridgehead atoms. The molecule has 1 aromatic heterocycles. The number of benzene rings is 1. The Balaban J connectivity index is 2.05. The van der Waals surface area contributed by atoms with Gasteiger partial charge in [-0.25, -0.2) is 14.1 Å². The Morgan fingerprint density at radius 2 is 2.12 bits per heavy atom. The van der Waals surface area contributed by atoms with Crippen LogP contribution in [0.4, 0.5) is 16.3 Å². The molecular weight excluding hydrogens is 242 g/mol. The van der Waals surface area contributed by atoms with Crippen molar-refractivity contribution in [2.45, 2.75) is 0 Å². The van der Waals surface area contributed by atoms with Crippen LogP contribution in [0.25, 0.3) is 0 Å². The van der Waals surface area contributed by atoms with Crippen molar-refractivity contribution in [3.8, 4) is 0 Å². The molecule has 0 aliphatic heterocycles. The minimum atomic E-state index is -0.333. The number of para-hydroxylation sites is 1. The van der Waals surface area contributed by atoms with Crippen LogP contribution in [0.5, 0.6) is 0 Å². The summed E-state index contributed by atoms with van der Waals surface area (Å²) >= 11 is 5.54. The normalized spacial score (nSPS) is 9.81. The highest BCUT2D eigenvalue weighted by molar-refractivity contribution is 7.82. The van der Waals surface area contributed by atoms with E-state index in [1.165, 1.54) is 15.6 Å². The number of hydrogen-bond donors (Lipinski definition) is 2. The molecule has 0 aliphatic rings. The van der Waals surface area contributed by atoms with Crippen molar-refractivity contribution in [3.63, 3.8) is 0 Å². The van der Waals surface area contributed by atoms with Crippen molar-refractivity contribution in [1.82, 2.24) is 4.98 Å². The average molecular weight is 251 g/mol. The van der Waals surface area contributed by atoms with Crippen molar-refractivity contribution < 1.29 is 4.79 Å². The number of nitrogens with one attached hydrogen (secondary N) is 1. The molecule has 0 atom stereocenters. The molecule has 1 aromatic carbocycles. The number of carbonyl (C=O) groups is 1. The molecule has 0 aliphatic carbocycles. The fraction of sp³-hybridized carbons (Fsp3) is 0. The van der Waals surface area contributed by atoms with Gasteiger partial charge in [0.25, 0.3) is 0 Å². The molecule has 1 heterocycles. The smallest absolute Gasteiger partial charge is 0.290 e. The highest BCUT2D eigenvalue weighted by Crippen LogP contribution is 2.17. The Kier molecular flexibility index (Phi) is 3.43. The molecule has 2 rings (SSSR count). The third kappa shape index (κ3) is 2.53. The Bertz CT molecular complexity index is 458. The van der Waals surface area contributed by atoms with Gasteiger partial charge in [0.05, 0.1) is 11.2 Å². The maximum Gasteiger partial charge on any atom is 0.337 e. The van der Waals surface area contributed by atoms with Crippen LogP contribution in [0, 0.1) is 0 Å². The molecule has 0 saturated heterocycles. The van der Waals surface area contributed by atoms with Gasteiger partial charge in [-0.3, -0.25) is 5.32 Å². The molecule has 0 saturated carbocycles. The van der Waals surface area contributed by atoms with Crippen molar-refractivity contribution in [2.24, 2.45) is 0 Å². The number of aromatic nitrogens is 1. The number of carbonyl (C=O) groups excluding carboxylic acids is 1. The van der Waals surface area contributed by atoms with E-state index in [1.807, 2.05) is 18.2 Å². The topological polar surface area (TPSA) is 45.2 Å². The summed E-state index contributed by atoms with van der Waals surface area (Å²) in [5.74, 6) is 0.532. The molecule has 0 spiro atoms. The monoisotopic (exact) mass is 251 g/mol. The second-order valence-electron chi connectivity index (χ2n) is 2.95. The van der Waals surface area contributed by atoms with E-state index >= 15 is 0 Å². The Hall–Kier alpha value is -1.53. The first-order chi connectivity index (χ1) is 7.77. The predicted octanol–water partition coefficient (Wildman–Crippen LogP) is 3.03. The minimum absolute atomic E-state index is 0.333. The van der Waals surface area contributed by atoms with E-state index in [9.17, 15) is 4.79 Å². The number of thiol groups is 1. The van der Waals surface area contributed by atoms with Gasteiger partial charge in [-0.15, -0.1) is 11.3 Å². The van der Waals surface area contributed by atoms with Crippen LogP contribution >= 0.6 is 24.2 Å². The Morgan fingerprint density at radius 1 is 1.38 bits per heavy atom. The lowest BCUT2D eigenvalue weighted by atomic mass is 10.3. The average Bonchev–Trinajstić information content (AvgIpc) is 2.82. The van der Waals surface area contributed by atoms with Gasteiger partial charge in [-0.1, -0.05) is 31.0 Å². The molecule has 2 amide bonds. The van der Waals surface area contributed by atoms with E-state index < -0.39 is 0 Å². The zero-order valence-corrected chi connectivity index (χ0v) is 9.91. The van der Waals surface area contributed by atoms with Crippen LogP contribution in [0.15, 0.2) is 41.2 Å². The second-order valence-corrected chi connectivity index (χ2v) is 4.07. The molecule has 4 nitrogen and oxygen atoms in total. The summed E-state index contributed by atoms with van der Waals surface area (Å²) in [4.78, 5) is 15.7. The zero-order chi connectivity index (χ0) is 11.4. The van der Waals surface area contributed by atoms with Gasteiger partial charge in [0, 0.05) is 5.38 Å². The summed E-state index contributed by atoms with van der Waals surface area (Å²) in [7, 11) is 0. The number of anilines is 2.